The number of unbranched alkanes of at least 4 members (excludes halogenated alkanes) is 2. The summed E-state index contributed by atoms with van der Waals surface area (Å²) in [6, 6.07) is 14.5. The molecule has 0 unspecified atom stereocenters. The number of rotatable bonds is 16. The third-order valence-corrected chi connectivity index (χ3v) is 11.1. The van der Waals surface area contributed by atoms with Gasteiger partial charge in [-0.25, -0.2) is 14.1 Å². The fourth-order valence-electron chi connectivity index (χ4n) is 7.50. The SMILES string of the molecule is C[C@H](N(Cc1ccc(F)cc1)C(=O)CN1C(=O)O[C@@]2(CCc3cc(NC(=O)CCc4ccc(NC(=O)CCCCCC5CCC5)cc4)ccc32)C1=O)C(F)(F)F. The smallest absolute Gasteiger partial charge is 0.418 e. The van der Waals surface area contributed by atoms with E-state index in [9.17, 15) is 41.5 Å². The minimum absolute atomic E-state index is 0.00947. The number of imide groups is 1. The zero-order valence-corrected chi connectivity index (χ0v) is 31.3. The zero-order chi connectivity index (χ0) is 40.0. The van der Waals surface area contributed by atoms with Gasteiger partial charge in [0.2, 0.25) is 23.3 Å². The summed E-state index contributed by atoms with van der Waals surface area (Å²) in [7, 11) is 0. The van der Waals surface area contributed by atoms with Gasteiger partial charge in [-0.05, 0) is 85.2 Å². The molecule has 0 radical (unpaired) electrons. The quantitative estimate of drug-likeness (QED) is 0.112. The van der Waals surface area contributed by atoms with E-state index in [0.717, 1.165) is 43.4 Å². The second-order valence-electron chi connectivity index (χ2n) is 15.0. The molecule has 3 aromatic carbocycles. The molecule has 0 bridgehead atoms. The monoisotopic (exact) mass is 778 g/mol. The van der Waals surface area contributed by atoms with Crippen molar-refractivity contribution >= 4 is 41.1 Å². The van der Waals surface area contributed by atoms with Crippen LogP contribution in [0.2, 0.25) is 0 Å². The maximum atomic E-state index is 13.8. The Kier molecular flexibility index (Phi) is 12.4. The summed E-state index contributed by atoms with van der Waals surface area (Å²) < 4.78 is 60.3. The van der Waals surface area contributed by atoms with Gasteiger partial charge in [0.05, 0.1) is 0 Å². The lowest BCUT2D eigenvalue weighted by atomic mass is 9.82. The van der Waals surface area contributed by atoms with E-state index in [4.69, 9.17) is 4.74 Å². The maximum Gasteiger partial charge on any atom is 0.418 e. The van der Waals surface area contributed by atoms with Crippen LogP contribution in [0.25, 0.3) is 0 Å². The fourth-order valence-corrected chi connectivity index (χ4v) is 7.50. The van der Waals surface area contributed by atoms with E-state index in [1.807, 2.05) is 24.3 Å². The minimum atomic E-state index is -4.82. The van der Waals surface area contributed by atoms with Crippen LogP contribution >= 0.6 is 0 Å². The van der Waals surface area contributed by atoms with Crippen LogP contribution in [-0.2, 0) is 48.9 Å². The number of hydrogen-bond donors (Lipinski definition) is 2. The first-order valence-corrected chi connectivity index (χ1v) is 19.2. The molecule has 56 heavy (non-hydrogen) atoms. The van der Waals surface area contributed by atoms with Gasteiger partial charge < -0.3 is 20.3 Å². The molecule has 1 saturated heterocycles. The van der Waals surface area contributed by atoms with E-state index in [-0.39, 0.29) is 30.2 Å². The number of halogens is 4. The van der Waals surface area contributed by atoms with Gasteiger partial charge in [-0.1, -0.05) is 68.9 Å². The number of ether oxygens (including phenoxy) is 1. The van der Waals surface area contributed by atoms with Crippen molar-refractivity contribution in [2.45, 2.75) is 108 Å². The summed E-state index contributed by atoms with van der Waals surface area (Å²) in [5, 5.41) is 5.78. The van der Waals surface area contributed by atoms with Gasteiger partial charge in [0, 0.05) is 42.7 Å². The van der Waals surface area contributed by atoms with Crippen LogP contribution in [0, 0.1) is 11.7 Å². The molecule has 298 valence electrons. The van der Waals surface area contributed by atoms with E-state index in [2.05, 4.69) is 10.6 Å². The average molecular weight is 779 g/mol. The molecule has 10 nitrogen and oxygen atoms in total. The predicted molar refractivity (Wildman–Crippen MR) is 200 cm³/mol. The predicted octanol–water partition coefficient (Wildman–Crippen LogP) is 8.19. The normalized spacial score (nSPS) is 18.3. The second-order valence-corrected chi connectivity index (χ2v) is 15.0. The minimum Gasteiger partial charge on any atom is -0.427 e. The van der Waals surface area contributed by atoms with E-state index in [0.29, 0.717) is 51.6 Å². The van der Waals surface area contributed by atoms with Gasteiger partial charge in [-0.3, -0.25) is 19.2 Å². The van der Waals surface area contributed by atoms with Gasteiger partial charge in [-0.15, -0.1) is 0 Å². The molecule has 1 spiro atoms. The van der Waals surface area contributed by atoms with Gasteiger partial charge >= 0.3 is 12.3 Å². The number of aryl methyl sites for hydroxylation is 2. The van der Waals surface area contributed by atoms with Gasteiger partial charge in [-0.2, -0.15) is 13.2 Å². The number of alkyl halides is 3. The second kappa shape index (κ2) is 17.3. The van der Waals surface area contributed by atoms with Crippen LogP contribution in [-0.4, -0.2) is 58.3 Å². The first-order valence-electron chi connectivity index (χ1n) is 19.2. The van der Waals surface area contributed by atoms with Crippen LogP contribution in [0.1, 0.15) is 93.4 Å². The van der Waals surface area contributed by atoms with E-state index >= 15 is 0 Å². The third-order valence-electron chi connectivity index (χ3n) is 11.1. The van der Waals surface area contributed by atoms with Crippen molar-refractivity contribution in [3.8, 4) is 0 Å². The van der Waals surface area contributed by atoms with E-state index in [1.54, 1.807) is 18.2 Å². The summed E-state index contributed by atoms with van der Waals surface area (Å²) in [6.07, 6.45) is 3.94. The number of fused-ring (bicyclic) bond motifs is 2. The zero-order valence-electron chi connectivity index (χ0n) is 31.3. The highest BCUT2D eigenvalue weighted by molar-refractivity contribution is 6.06. The maximum absolute atomic E-state index is 13.8. The molecule has 14 heteroatoms. The fraction of sp³-hybridized carbons (Fsp3) is 0.452. The van der Waals surface area contributed by atoms with Crippen molar-refractivity contribution in [3.05, 3.63) is 94.8 Å². The number of nitrogens with zero attached hydrogens (tertiary/aromatic N) is 2. The lowest BCUT2D eigenvalue weighted by Gasteiger charge is -2.31. The van der Waals surface area contributed by atoms with Crippen molar-refractivity contribution in [2.24, 2.45) is 5.92 Å². The van der Waals surface area contributed by atoms with Crippen molar-refractivity contribution in [1.29, 1.82) is 0 Å². The van der Waals surface area contributed by atoms with Crippen molar-refractivity contribution in [2.75, 3.05) is 17.2 Å². The number of carbonyl (C=O) groups excluding carboxylic acids is 5. The van der Waals surface area contributed by atoms with Crippen molar-refractivity contribution < 1.29 is 46.3 Å². The average Bonchev–Trinajstić information content (AvgIpc) is 3.62. The van der Waals surface area contributed by atoms with Gasteiger partial charge in [0.25, 0.3) is 5.91 Å². The Morgan fingerprint density at radius 2 is 1.55 bits per heavy atom. The molecule has 6 rings (SSSR count). The van der Waals surface area contributed by atoms with Crippen molar-refractivity contribution in [3.63, 3.8) is 0 Å². The molecule has 3 aliphatic rings. The highest BCUT2D eigenvalue weighted by Crippen LogP contribution is 2.46. The Morgan fingerprint density at radius 1 is 0.893 bits per heavy atom. The molecule has 1 saturated carbocycles. The third kappa shape index (κ3) is 9.57. The molecule has 1 heterocycles. The Labute approximate surface area is 322 Å². The van der Waals surface area contributed by atoms with E-state index in [1.165, 1.54) is 44.2 Å². The Morgan fingerprint density at radius 3 is 2.23 bits per heavy atom. The molecule has 0 aromatic heterocycles. The van der Waals surface area contributed by atoms with Gasteiger partial charge in [0.1, 0.15) is 18.4 Å². The molecule has 5 amide bonds. The van der Waals surface area contributed by atoms with Crippen LogP contribution in [0.3, 0.4) is 0 Å². The molecule has 2 N–H and O–H groups in total. The topological polar surface area (TPSA) is 125 Å². The Balaban J connectivity index is 0.999. The van der Waals surface area contributed by atoms with Crippen LogP contribution < -0.4 is 10.6 Å². The number of nitrogens with one attached hydrogen (secondary N) is 2. The first kappa shape index (κ1) is 40.4. The summed E-state index contributed by atoms with van der Waals surface area (Å²) in [5.41, 5.74) is 1.55. The van der Waals surface area contributed by atoms with Gasteiger partial charge in [0.15, 0.2) is 0 Å². The summed E-state index contributed by atoms with van der Waals surface area (Å²) in [5.74, 6) is -1.98. The molecule has 2 aliphatic carbocycles. The van der Waals surface area contributed by atoms with Crippen molar-refractivity contribution in [1.82, 2.24) is 9.80 Å². The summed E-state index contributed by atoms with van der Waals surface area (Å²) >= 11 is 0. The van der Waals surface area contributed by atoms with Crippen LogP contribution in [0.15, 0.2) is 66.7 Å². The number of anilines is 2. The number of amides is 5. The molecule has 2 atom stereocenters. The van der Waals surface area contributed by atoms with Crippen LogP contribution in [0.4, 0.5) is 33.7 Å². The molecule has 2 fully saturated rings. The van der Waals surface area contributed by atoms with E-state index < -0.39 is 54.6 Å². The van der Waals surface area contributed by atoms with Crippen LogP contribution in [0.5, 0.6) is 0 Å². The molecule has 1 aliphatic heterocycles. The molecular formula is C42H46F4N4O6. The lowest BCUT2D eigenvalue weighted by molar-refractivity contribution is -0.187. The standard InChI is InChI=1S/C42H46F4N4O6/c1-27(42(44,45)46)49(25-30-10-15-32(43)16-11-30)38(53)26-50-39(54)41(56-40(50)55)23-22-31-24-34(19-20-35(31)41)48-37(52)21-14-29-12-17-33(18-13-29)47-36(51)9-4-2-3-6-28-7-5-8-28/h10-13,15-20,24,27-28H,2-9,14,21-23,25-26H2,1H3,(H,47,51)(H,48,52)/t27-,41+/m0/s1. The lowest BCUT2D eigenvalue weighted by Crippen LogP contribution is -2.51. The molecular weight excluding hydrogens is 732 g/mol. The number of carbonyl (C=O) groups is 5. The summed E-state index contributed by atoms with van der Waals surface area (Å²) in [4.78, 5) is 66.3. The molecule has 3 aromatic rings. The first-order chi connectivity index (χ1) is 26.7. The Hall–Kier alpha value is -5.27. The number of benzene rings is 3. The Bertz CT molecular complexity index is 1930. The highest BCUT2D eigenvalue weighted by atomic mass is 19.4. The highest BCUT2D eigenvalue weighted by Gasteiger charge is 2.58. The summed E-state index contributed by atoms with van der Waals surface area (Å²) in [6.45, 7) is -0.733. The largest absolute Gasteiger partial charge is 0.427 e. The number of hydrogen-bond acceptors (Lipinski definition) is 6.